The Morgan fingerprint density at radius 3 is 2.85 bits per heavy atom. The van der Waals surface area contributed by atoms with E-state index in [1.54, 1.807) is 0 Å². The van der Waals surface area contributed by atoms with Crippen molar-refractivity contribution in [1.29, 1.82) is 0 Å². The number of amides is 2. The third kappa shape index (κ3) is 3.90. The van der Waals surface area contributed by atoms with E-state index in [0.29, 0.717) is 23.2 Å². The molecule has 0 unspecified atom stereocenters. The molecule has 1 aliphatic rings. The first-order valence-electron chi connectivity index (χ1n) is 8.66. The van der Waals surface area contributed by atoms with Crippen molar-refractivity contribution in [3.63, 3.8) is 0 Å². The molecule has 0 bridgehead atoms. The molecule has 2 heterocycles. The number of nitrogens with two attached hydrogens (primary N) is 1. The highest BCUT2D eigenvalue weighted by Gasteiger charge is 2.28. The van der Waals surface area contributed by atoms with Crippen LogP contribution in [0.15, 0.2) is 29.4 Å². The summed E-state index contributed by atoms with van der Waals surface area (Å²) < 4.78 is 1.81. The Labute approximate surface area is 157 Å². The van der Waals surface area contributed by atoms with Crippen molar-refractivity contribution >= 4 is 29.3 Å². The maximum absolute atomic E-state index is 12.9. The van der Waals surface area contributed by atoms with Gasteiger partial charge >= 0.3 is 0 Å². The first-order valence-corrected chi connectivity index (χ1v) is 9.65. The zero-order valence-electron chi connectivity index (χ0n) is 15.0. The molecule has 0 spiro atoms. The number of hydrogen-bond acceptors (Lipinski definition) is 5. The molecule has 2 amide bonds. The van der Waals surface area contributed by atoms with Gasteiger partial charge < -0.3 is 15.2 Å². The van der Waals surface area contributed by atoms with Crippen molar-refractivity contribution in [2.75, 3.05) is 10.7 Å². The normalized spacial score (nSPS) is 16.4. The van der Waals surface area contributed by atoms with Crippen molar-refractivity contribution < 1.29 is 9.59 Å². The third-order valence-corrected chi connectivity index (χ3v) is 5.64. The smallest absolute Gasteiger partial charge is 0.237 e. The molecule has 3 rings (SSSR count). The molecule has 0 saturated carbocycles. The fourth-order valence-electron chi connectivity index (χ4n) is 3.19. The number of para-hydroxylation sites is 1. The van der Waals surface area contributed by atoms with Crippen LogP contribution in [-0.4, -0.2) is 38.4 Å². The topological polar surface area (TPSA) is 94.1 Å². The zero-order valence-corrected chi connectivity index (χ0v) is 15.8. The molecule has 26 heavy (non-hydrogen) atoms. The molecule has 138 valence electrons. The molecule has 0 aliphatic carbocycles. The first-order chi connectivity index (χ1) is 12.5. The van der Waals surface area contributed by atoms with Crippen molar-refractivity contribution in [1.82, 2.24) is 14.8 Å². The van der Waals surface area contributed by atoms with E-state index in [9.17, 15) is 9.59 Å². The van der Waals surface area contributed by atoms with E-state index in [-0.39, 0.29) is 24.3 Å². The summed E-state index contributed by atoms with van der Waals surface area (Å²) in [5, 5.41) is 8.88. The summed E-state index contributed by atoms with van der Waals surface area (Å²) in [5.41, 5.74) is 7.41. The van der Waals surface area contributed by atoms with E-state index in [0.717, 1.165) is 18.5 Å². The molecule has 1 aliphatic heterocycles. The predicted octanol–water partition coefficient (Wildman–Crippen LogP) is 1.69. The number of nitrogens with zero attached hydrogens (tertiary/aromatic N) is 4. The lowest BCUT2D eigenvalue weighted by Crippen LogP contribution is -2.43. The number of benzene rings is 1. The standard InChI is InChI=1S/C18H23N5O2S/c1-12-7-8-13-5-3-4-6-14(13)23(12)17(25)11-26-18-21-20-16(22(18)2)10-9-15(19)24/h3-6,12H,7-11H2,1-2H3,(H2,19,24)/t12-/m1/s1. The van der Waals surface area contributed by atoms with Crippen LogP contribution < -0.4 is 10.6 Å². The number of fused-ring (bicyclic) bond motifs is 1. The highest BCUT2D eigenvalue weighted by molar-refractivity contribution is 7.99. The zero-order chi connectivity index (χ0) is 18.7. The van der Waals surface area contributed by atoms with Gasteiger partial charge in [-0.2, -0.15) is 0 Å². The lowest BCUT2D eigenvalue weighted by molar-refractivity contribution is -0.118. The minimum atomic E-state index is -0.366. The van der Waals surface area contributed by atoms with Gasteiger partial charge in [-0.25, -0.2) is 0 Å². The van der Waals surface area contributed by atoms with Crippen molar-refractivity contribution in [2.45, 2.75) is 43.8 Å². The summed E-state index contributed by atoms with van der Waals surface area (Å²) in [7, 11) is 1.84. The summed E-state index contributed by atoms with van der Waals surface area (Å²) in [5.74, 6) is 0.683. The van der Waals surface area contributed by atoms with E-state index in [1.807, 2.05) is 34.7 Å². The minimum Gasteiger partial charge on any atom is -0.370 e. The van der Waals surface area contributed by atoms with Crippen molar-refractivity contribution in [2.24, 2.45) is 12.8 Å². The van der Waals surface area contributed by atoms with Gasteiger partial charge in [-0.05, 0) is 31.4 Å². The highest BCUT2D eigenvalue weighted by atomic mass is 32.2. The van der Waals surface area contributed by atoms with Crippen LogP contribution in [-0.2, 0) is 29.5 Å². The number of hydrogen-bond donors (Lipinski definition) is 1. The second-order valence-corrected chi connectivity index (χ2v) is 7.44. The van der Waals surface area contributed by atoms with E-state index in [1.165, 1.54) is 17.3 Å². The van der Waals surface area contributed by atoms with Gasteiger partial charge in [0.25, 0.3) is 0 Å². The van der Waals surface area contributed by atoms with Gasteiger partial charge in [0.15, 0.2) is 5.16 Å². The maximum Gasteiger partial charge on any atom is 0.237 e. The fourth-order valence-corrected chi connectivity index (χ4v) is 3.98. The van der Waals surface area contributed by atoms with Crippen LogP contribution in [0.4, 0.5) is 5.69 Å². The predicted molar refractivity (Wildman–Crippen MR) is 101 cm³/mol. The molecule has 0 radical (unpaired) electrons. The summed E-state index contributed by atoms with van der Waals surface area (Å²) in [6.45, 7) is 2.09. The van der Waals surface area contributed by atoms with E-state index >= 15 is 0 Å². The Balaban J connectivity index is 1.67. The molecule has 0 fully saturated rings. The molecular formula is C18H23N5O2S. The summed E-state index contributed by atoms with van der Waals surface area (Å²) in [6.07, 6.45) is 2.65. The van der Waals surface area contributed by atoms with Gasteiger partial charge in [-0.3, -0.25) is 9.59 Å². The quantitative estimate of drug-likeness (QED) is 0.778. The van der Waals surface area contributed by atoms with Crippen LogP contribution in [0.1, 0.15) is 31.2 Å². The van der Waals surface area contributed by atoms with Crippen LogP contribution in [0.2, 0.25) is 0 Å². The van der Waals surface area contributed by atoms with E-state index in [4.69, 9.17) is 5.73 Å². The fraction of sp³-hybridized carbons (Fsp3) is 0.444. The lowest BCUT2D eigenvalue weighted by atomic mass is 9.97. The van der Waals surface area contributed by atoms with Gasteiger partial charge in [0.2, 0.25) is 11.8 Å². The molecule has 1 aromatic carbocycles. The molecule has 7 nitrogen and oxygen atoms in total. The highest BCUT2D eigenvalue weighted by Crippen LogP contribution is 2.31. The van der Waals surface area contributed by atoms with Crippen LogP contribution in [0.25, 0.3) is 0 Å². The Hall–Kier alpha value is -2.35. The molecule has 1 aromatic heterocycles. The van der Waals surface area contributed by atoms with E-state index < -0.39 is 0 Å². The Bertz CT molecular complexity index is 820. The molecule has 0 saturated heterocycles. The van der Waals surface area contributed by atoms with Crippen molar-refractivity contribution in [3.05, 3.63) is 35.7 Å². The number of anilines is 1. The average molecular weight is 373 g/mol. The molecule has 8 heteroatoms. The lowest BCUT2D eigenvalue weighted by Gasteiger charge is -2.35. The summed E-state index contributed by atoms with van der Waals surface area (Å²) >= 11 is 1.36. The van der Waals surface area contributed by atoms with Gasteiger partial charge in [0, 0.05) is 31.6 Å². The number of carbonyl (C=O) groups excluding carboxylic acids is 2. The third-order valence-electron chi connectivity index (χ3n) is 4.64. The van der Waals surface area contributed by atoms with Crippen LogP contribution >= 0.6 is 11.8 Å². The number of primary amides is 1. The summed E-state index contributed by atoms with van der Waals surface area (Å²) in [4.78, 5) is 25.7. The number of carbonyl (C=O) groups is 2. The van der Waals surface area contributed by atoms with Gasteiger partial charge in [0.05, 0.1) is 5.75 Å². The van der Waals surface area contributed by atoms with Gasteiger partial charge in [-0.15, -0.1) is 10.2 Å². The number of aryl methyl sites for hydroxylation is 2. The van der Waals surface area contributed by atoms with Crippen molar-refractivity contribution in [3.8, 4) is 0 Å². The minimum absolute atomic E-state index is 0.0661. The van der Waals surface area contributed by atoms with Gasteiger partial charge in [0.1, 0.15) is 5.82 Å². The Morgan fingerprint density at radius 2 is 2.08 bits per heavy atom. The molecule has 2 N–H and O–H groups in total. The molecule has 1 atom stereocenters. The molecule has 2 aromatic rings. The van der Waals surface area contributed by atoms with Crippen LogP contribution in [0.3, 0.4) is 0 Å². The van der Waals surface area contributed by atoms with Crippen LogP contribution in [0.5, 0.6) is 0 Å². The average Bonchev–Trinajstić information content (AvgIpc) is 2.97. The second-order valence-electron chi connectivity index (χ2n) is 6.49. The van der Waals surface area contributed by atoms with E-state index in [2.05, 4.69) is 23.2 Å². The first kappa shape index (κ1) is 18.4. The molecular weight excluding hydrogens is 350 g/mol. The largest absolute Gasteiger partial charge is 0.370 e. The Kier molecular flexibility index (Phi) is 5.61. The Morgan fingerprint density at radius 1 is 1.31 bits per heavy atom. The number of thioether (sulfide) groups is 1. The SMILES string of the molecule is C[C@@H]1CCc2ccccc2N1C(=O)CSc1nnc(CCC(N)=O)n1C. The summed E-state index contributed by atoms with van der Waals surface area (Å²) in [6, 6.07) is 8.26. The van der Waals surface area contributed by atoms with Gasteiger partial charge in [-0.1, -0.05) is 30.0 Å². The number of rotatable bonds is 6. The second kappa shape index (κ2) is 7.90. The van der Waals surface area contributed by atoms with Crippen LogP contribution in [0, 0.1) is 0 Å². The maximum atomic E-state index is 12.9. The monoisotopic (exact) mass is 373 g/mol. The number of aromatic nitrogens is 3.